The van der Waals surface area contributed by atoms with Gasteiger partial charge in [-0.05, 0) is 30.4 Å². The summed E-state index contributed by atoms with van der Waals surface area (Å²) in [5.74, 6) is 1.12. The van der Waals surface area contributed by atoms with Crippen molar-refractivity contribution in [3.8, 4) is 11.4 Å². The molecule has 0 radical (unpaired) electrons. The van der Waals surface area contributed by atoms with Crippen molar-refractivity contribution >= 4 is 29.3 Å². The highest BCUT2D eigenvalue weighted by atomic mass is 16.4. The molecule has 0 bridgehead atoms. The number of H-pyrrole nitrogens is 1. The van der Waals surface area contributed by atoms with Gasteiger partial charge in [0, 0.05) is 28.7 Å². The van der Waals surface area contributed by atoms with Crippen molar-refractivity contribution in [1.82, 2.24) is 20.2 Å². The Morgan fingerprint density at radius 2 is 1.83 bits per heavy atom. The second-order valence-corrected chi connectivity index (χ2v) is 6.89. The fraction of sp³-hybridized carbons (Fsp3) is 0.190. The summed E-state index contributed by atoms with van der Waals surface area (Å²) >= 11 is 0. The number of aromatic nitrogens is 4. The quantitative estimate of drug-likeness (QED) is 0.378. The molecule has 0 atom stereocenters. The minimum absolute atomic E-state index is 0.406. The van der Waals surface area contributed by atoms with Gasteiger partial charge in [0.2, 0.25) is 0 Å². The van der Waals surface area contributed by atoms with Gasteiger partial charge in [0.1, 0.15) is 5.69 Å². The van der Waals surface area contributed by atoms with Gasteiger partial charge in [-0.25, -0.2) is 4.98 Å². The Labute approximate surface area is 169 Å². The van der Waals surface area contributed by atoms with Crippen LogP contribution in [-0.4, -0.2) is 37.3 Å². The van der Waals surface area contributed by atoms with Gasteiger partial charge in [-0.3, -0.25) is 0 Å². The molecule has 29 heavy (non-hydrogen) atoms. The zero-order valence-electron chi connectivity index (χ0n) is 16.3. The number of nitrogens with one attached hydrogen (secondary N) is 2. The maximum Gasteiger partial charge on any atom is 0.489 e. The van der Waals surface area contributed by atoms with Crippen LogP contribution in [0.5, 0.6) is 0 Å². The van der Waals surface area contributed by atoms with E-state index in [2.05, 4.69) is 20.5 Å². The van der Waals surface area contributed by atoms with Gasteiger partial charge < -0.3 is 20.3 Å². The molecule has 0 amide bonds. The summed E-state index contributed by atoms with van der Waals surface area (Å²) in [6.45, 7) is 4.55. The standard InChI is InChI=1S/C21H22BN5O2/c1-3-16-20(23-12-14-8-5-4-6-9-14)25-21(27-26-16)18-13(2)24-17-11-7-10-15(19(17)18)22(28)29/h4-11,24,28-29H,3,12H2,1-2H3,(H,23,25,27). The van der Waals surface area contributed by atoms with Crippen LogP contribution in [0.25, 0.3) is 22.3 Å². The number of rotatable bonds is 6. The van der Waals surface area contributed by atoms with Gasteiger partial charge in [0.25, 0.3) is 0 Å². The number of nitrogens with zero attached hydrogens (tertiary/aromatic N) is 3. The largest absolute Gasteiger partial charge is 0.489 e. The summed E-state index contributed by atoms with van der Waals surface area (Å²) < 4.78 is 0. The topological polar surface area (TPSA) is 107 Å². The maximum absolute atomic E-state index is 9.82. The van der Waals surface area contributed by atoms with Crippen molar-refractivity contribution in [2.45, 2.75) is 26.8 Å². The lowest BCUT2D eigenvalue weighted by molar-refractivity contribution is 0.426. The molecule has 4 aromatic rings. The third kappa shape index (κ3) is 3.72. The van der Waals surface area contributed by atoms with E-state index in [-0.39, 0.29) is 0 Å². The molecule has 0 aliphatic rings. The summed E-state index contributed by atoms with van der Waals surface area (Å²) in [6.07, 6.45) is 0.699. The van der Waals surface area contributed by atoms with Crippen LogP contribution in [0.4, 0.5) is 5.82 Å². The molecule has 0 unspecified atom stereocenters. The van der Waals surface area contributed by atoms with E-state index in [0.29, 0.717) is 35.5 Å². The van der Waals surface area contributed by atoms with Crippen LogP contribution < -0.4 is 10.8 Å². The van der Waals surface area contributed by atoms with E-state index in [9.17, 15) is 10.0 Å². The zero-order chi connectivity index (χ0) is 20.4. The molecule has 2 aromatic heterocycles. The molecule has 4 N–H and O–H groups in total. The summed E-state index contributed by atoms with van der Waals surface area (Å²) in [4.78, 5) is 8.02. The molecule has 2 heterocycles. The first-order valence-electron chi connectivity index (χ1n) is 9.57. The van der Waals surface area contributed by atoms with E-state index < -0.39 is 7.12 Å². The van der Waals surface area contributed by atoms with Crippen molar-refractivity contribution in [2.24, 2.45) is 0 Å². The number of hydrogen-bond donors (Lipinski definition) is 4. The molecule has 2 aromatic carbocycles. The normalized spacial score (nSPS) is 11.0. The fourth-order valence-electron chi connectivity index (χ4n) is 3.52. The number of aryl methyl sites for hydroxylation is 2. The SMILES string of the molecule is CCc1nnc(-c2c(C)[nH]c3cccc(B(O)O)c23)nc1NCc1ccccc1. The van der Waals surface area contributed by atoms with E-state index in [1.54, 1.807) is 12.1 Å². The summed E-state index contributed by atoms with van der Waals surface area (Å²) in [7, 11) is -1.59. The highest BCUT2D eigenvalue weighted by Gasteiger charge is 2.23. The zero-order valence-corrected chi connectivity index (χ0v) is 16.3. The summed E-state index contributed by atoms with van der Waals surface area (Å²) in [6, 6.07) is 15.4. The van der Waals surface area contributed by atoms with Gasteiger partial charge in [0.15, 0.2) is 11.6 Å². The van der Waals surface area contributed by atoms with Crippen LogP contribution in [0.15, 0.2) is 48.5 Å². The number of anilines is 1. The van der Waals surface area contributed by atoms with E-state index in [0.717, 1.165) is 28.0 Å². The van der Waals surface area contributed by atoms with Crippen LogP contribution in [0, 0.1) is 6.92 Å². The lowest BCUT2D eigenvalue weighted by Crippen LogP contribution is -2.30. The molecule has 0 fully saturated rings. The van der Waals surface area contributed by atoms with Gasteiger partial charge >= 0.3 is 7.12 Å². The average molecular weight is 387 g/mol. The molecule has 146 valence electrons. The van der Waals surface area contributed by atoms with E-state index in [1.165, 1.54) is 0 Å². The molecule has 0 saturated carbocycles. The molecule has 0 saturated heterocycles. The second kappa shape index (κ2) is 8.02. The van der Waals surface area contributed by atoms with Gasteiger partial charge in [-0.1, -0.05) is 49.4 Å². The molecule has 4 rings (SSSR count). The minimum atomic E-state index is -1.59. The highest BCUT2D eigenvalue weighted by Crippen LogP contribution is 2.29. The summed E-state index contributed by atoms with van der Waals surface area (Å²) in [5, 5.41) is 32.4. The third-order valence-electron chi connectivity index (χ3n) is 4.94. The Hall–Kier alpha value is -3.23. The smallest absolute Gasteiger partial charge is 0.423 e. The number of benzene rings is 2. The molecule has 0 aliphatic carbocycles. The summed E-state index contributed by atoms with van der Waals surface area (Å²) in [5.41, 5.74) is 4.69. The Balaban J connectivity index is 1.79. The maximum atomic E-state index is 9.82. The van der Waals surface area contributed by atoms with E-state index in [1.807, 2.05) is 50.2 Å². The van der Waals surface area contributed by atoms with Crippen LogP contribution in [0.2, 0.25) is 0 Å². The molecule has 8 heteroatoms. The predicted octanol–water partition coefficient (Wildman–Crippen LogP) is 2.18. The molecule has 7 nitrogen and oxygen atoms in total. The first kappa shape index (κ1) is 19.1. The number of fused-ring (bicyclic) bond motifs is 1. The lowest BCUT2D eigenvalue weighted by Gasteiger charge is -2.11. The third-order valence-corrected chi connectivity index (χ3v) is 4.94. The first-order chi connectivity index (χ1) is 14.1. The lowest BCUT2D eigenvalue weighted by atomic mass is 9.77. The van der Waals surface area contributed by atoms with Crippen molar-refractivity contribution in [2.75, 3.05) is 5.32 Å². The monoisotopic (exact) mass is 387 g/mol. The predicted molar refractivity (Wildman–Crippen MR) is 115 cm³/mol. The Kier molecular flexibility index (Phi) is 5.29. The highest BCUT2D eigenvalue weighted by molar-refractivity contribution is 6.62. The van der Waals surface area contributed by atoms with Crippen LogP contribution in [-0.2, 0) is 13.0 Å². The molecule has 0 spiro atoms. The number of aromatic amines is 1. The van der Waals surface area contributed by atoms with Gasteiger partial charge in [-0.15, -0.1) is 10.2 Å². The van der Waals surface area contributed by atoms with Crippen LogP contribution >= 0.6 is 0 Å². The number of hydrogen-bond acceptors (Lipinski definition) is 6. The Morgan fingerprint density at radius 1 is 1.03 bits per heavy atom. The second-order valence-electron chi connectivity index (χ2n) is 6.89. The van der Waals surface area contributed by atoms with Crippen LogP contribution in [0.3, 0.4) is 0 Å². The molecule has 0 aliphatic heterocycles. The van der Waals surface area contributed by atoms with Gasteiger partial charge in [0.05, 0.1) is 0 Å². The average Bonchev–Trinajstić information content (AvgIpc) is 3.08. The van der Waals surface area contributed by atoms with Crippen molar-refractivity contribution in [3.05, 3.63) is 65.5 Å². The van der Waals surface area contributed by atoms with Gasteiger partial charge in [-0.2, -0.15) is 0 Å². The van der Waals surface area contributed by atoms with E-state index in [4.69, 9.17) is 4.98 Å². The molecular formula is C21H22BN5O2. The van der Waals surface area contributed by atoms with Crippen molar-refractivity contribution in [3.63, 3.8) is 0 Å². The van der Waals surface area contributed by atoms with Crippen molar-refractivity contribution in [1.29, 1.82) is 0 Å². The van der Waals surface area contributed by atoms with Crippen LogP contribution in [0.1, 0.15) is 23.9 Å². The minimum Gasteiger partial charge on any atom is -0.423 e. The van der Waals surface area contributed by atoms with E-state index >= 15 is 0 Å². The van der Waals surface area contributed by atoms with Crippen molar-refractivity contribution < 1.29 is 10.0 Å². The Bertz CT molecular complexity index is 1140. The Morgan fingerprint density at radius 3 is 2.55 bits per heavy atom. The first-order valence-corrected chi connectivity index (χ1v) is 9.57. The molecular weight excluding hydrogens is 365 g/mol. The fourth-order valence-corrected chi connectivity index (χ4v) is 3.52.